The molecule has 1 fully saturated rings. The van der Waals surface area contributed by atoms with Gasteiger partial charge in [-0.15, -0.1) is 11.6 Å². The average molecular weight is 303 g/mol. The molecule has 0 spiro atoms. The zero-order valence-electron chi connectivity index (χ0n) is 10.2. The van der Waals surface area contributed by atoms with Gasteiger partial charge in [-0.3, -0.25) is 14.9 Å². The Balaban J connectivity index is 2.39. The summed E-state index contributed by atoms with van der Waals surface area (Å²) in [5.41, 5.74) is 1.12. The number of carbonyl (C=O) groups excluding carboxylic acids is 1. The number of amides is 1. The third kappa shape index (κ3) is 2.67. The molecule has 2 rings (SSSR count). The van der Waals surface area contributed by atoms with E-state index in [0.29, 0.717) is 30.1 Å². The Hall–Kier alpha value is -1.33. The molecular weight excluding hydrogens is 291 g/mol. The first kappa shape index (κ1) is 14.1. The van der Waals surface area contributed by atoms with E-state index in [-0.39, 0.29) is 22.5 Å². The number of halogens is 2. The van der Waals surface area contributed by atoms with Gasteiger partial charge in [0.05, 0.1) is 4.92 Å². The summed E-state index contributed by atoms with van der Waals surface area (Å²) in [6.07, 6.45) is 0.400. The van der Waals surface area contributed by atoms with Gasteiger partial charge in [0.25, 0.3) is 5.69 Å². The quantitative estimate of drug-likeness (QED) is 0.489. The van der Waals surface area contributed by atoms with Crippen molar-refractivity contribution in [2.45, 2.75) is 13.3 Å². The van der Waals surface area contributed by atoms with Crippen molar-refractivity contribution in [2.24, 2.45) is 5.92 Å². The van der Waals surface area contributed by atoms with E-state index in [1.807, 2.05) is 0 Å². The minimum Gasteiger partial charge on any atom is -0.312 e. The molecule has 1 aromatic carbocycles. The number of hydrogen-bond acceptors (Lipinski definition) is 3. The lowest BCUT2D eigenvalue weighted by atomic mass is 10.1. The Bertz CT molecular complexity index is 548. The van der Waals surface area contributed by atoms with Crippen LogP contribution >= 0.6 is 23.2 Å². The number of alkyl halides is 1. The smallest absolute Gasteiger partial charge is 0.288 e. The molecule has 0 radical (unpaired) electrons. The van der Waals surface area contributed by atoms with E-state index in [4.69, 9.17) is 23.2 Å². The zero-order chi connectivity index (χ0) is 14.2. The lowest BCUT2D eigenvalue weighted by Gasteiger charge is -2.19. The Labute approximate surface area is 120 Å². The normalized spacial score (nSPS) is 19.0. The van der Waals surface area contributed by atoms with Gasteiger partial charge in [0.15, 0.2) is 0 Å². The monoisotopic (exact) mass is 302 g/mol. The van der Waals surface area contributed by atoms with Crippen molar-refractivity contribution in [3.8, 4) is 0 Å². The molecule has 1 atom stereocenters. The first-order valence-electron chi connectivity index (χ1n) is 5.75. The lowest BCUT2D eigenvalue weighted by Crippen LogP contribution is -2.25. The van der Waals surface area contributed by atoms with Gasteiger partial charge >= 0.3 is 0 Å². The lowest BCUT2D eigenvalue weighted by molar-refractivity contribution is -0.384. The third-order valence-electron chi connectivity index (χ3n) is 3.18. The fraction of sp³-hybridized carbons (Fsp3) is 0.417. The molecule has 1 aromatic rings. The fourth-order valence-corrected chi connectivity index (χ4v) is 2.64. The average Bonchev–Trinajstić information content (AvgIpc) is 2.72. The molecule has 0 aromatic heterocycles. The van der Waals surface area contributed by atoms with Crippen LogP contribution in [0.2, 0.25) is 5.02 Å². The van der Waals surface area contributed by atoms with Crippen LogP contribution in [0.4, 0.5) is 11.4 Å². The van der Waals surface area contributed by atoms with E-state index in [1.54, 1.807) is 11.8 Å². The highest BCUT2D eigenvalue weighted by atomic mass is 35.5. The number of hydrogen-bond donors (Lipinski definition) is 0. The predicted molar refractivity (Wildman–Crippen MR) is 74.0 cm³/mol. The second kappa shape index (κ2) is 5.35. The van der Waals surface area contributed by atoms with Crippen LogP contribution < -0.4 is 4.90 Å². The fourth-order valence-electron chi connectivity index (χ4n) is 2.20. The standard InChI is InChI=1S/C12H12Cl2N2O3/c1-7-2-11(16(18)19)9(14)4-10(7)15-6-8(5-13)3-12(15)17/h2,4,8H,3,5-6H2,1H3. The van der Waals surface area contributed by atoms with Gasteiger partial charge < -0.3 is 4.90 Å². The Morgan fingerprint density at radius 2 is 2.21 bits per heavy atom. The van der Waals surface area contributed by atoms with Crippen LogP contribution in [0, 0.1) is 23.0 Å². The summed E-state index contributed by atoms with van der Waals surface area (Å²) in [6.45, 7) is 2.25. The van der Waals surface area contributed by atoms with Crippen molar-refractivity contribution in [3.63, 3.8) is 0 Å². The van der Waals surface area contributed by atoms with Crippen LogP contribution in [0.5, 0.6) is 0 Å². The van der Waals surface area contributed by atoms with Crippen LogP contribution in [0.15, 0.2) is 12.1 Å². The molecular formula is C12H12Cl2N2O3. The molecule has 0 saturated carbocycles. The molecule has 1 amide bonds. The summed E-state index contributed by atoms with van der Waals surface area (Å²) in [7, 11) is 0. The summed E-state index contributed by atoms with van der Waals surface area (Å²) in [6, 6.07) is 2.86. The summed E-state index contributed by atoms with van der Waals surface area (Å²) in [4.78, 5) is 23.8. The molecule has 1 unspecified atom stereocenters. The van der Waals surface area contributed by atoms with Gasteiger partial charge in [-0.25, -0.2) is 0 Å². The first-order valence-corrected chi connectivity index (χ1v) is 6.66. The molecule has 19 heavy (non-hydrogen) atoms. The van der Waals surface area contributed by atoms with Crippen molar-refractivity contribution in [1.82, 2.24) is 0 Å². The molecule has 102 valence electrons. The number of anilines is 1. The zero-order valence-corrected chi connectivity index (χ0v) is 11.7. The molecule has 0 bridgehead atoms. The molecule has 0 aliphatic carbocycles. The van der Waals surface area contributed by atoms with E-state index in [9.17, 15) is 14.9 Å². The SMILES string of the molecule is Cc1cc([N+](=O)[O-])c(Cl)cc1N1CC(CCl)CC1=O. The van der Waals surface area contributed by atoms with E-state index < -0.39 is 4.92 Å². The molecule has 5 nitrogen and oxygen atoms in total. The molecule has 7 heteroatoms. The number of nitrogens with zero attached hydrogens (tertiary/aromatic N) is 2. The highest BCUT2D eigenvalue weighted by Crippen LogP contribution is 2.35. The largest absolute Gasteiger partial charge is 0.312 e. The minimum absolute atomic E-state index is 0.0290. The number of carbonyl (C=O) groups is 1. The molecule has 1 saturated heterocycles. The molecule has 1 aliphatic rings. The van der Waals surface area contributed by atoms with Crippen molar-refractivity contribution in [3.05, 3.63) is 32.8 Å². The van der Waals surface area contributed by atoms with E-state index in [2.05, 4.69) is 0 Å². The first-order chi connectivity index (χ1) is 8.93. The number of nitro groups is 1. The Morgan fingerprint density at radius 3 is 2.74 bits per heavy atom. The summed E-state index contributed by atoms with van der Waals surface area (Å²) in [5.74, 6) is 0.503. The van der Waals surface area contributed by atoms with E-state index in [0.717, 1.165) is 0 Å². The summed E-state index contributed by atoms with van der Waals surface area (Å²) in [5, 5.41) is 10.8. The van der Waals surface area contributed by atoms with Crippen LogP contribution in [-0.2, 0) is 4.79 Å². The second-order valence-electron chi connectivity index (χ2n) is 4.58. The van der Waals surface area contributed by atoms with Crippen molar-refractivity contribution in [1.29, 1.82) is 0 Å². The number of aryl methyl sites for hydroxylation is 1. The van der Waals surface area contributed by atoms with Crippen molar-refractivity contribution in [2.75, 3.05) is 17.3 Å². The second-order valence-corrected chi connectivity index (χ2v) is 5.29. The number of rotatable bonds is 3. The highest BCUT2D eigenvalue weighted by molar-refractivity contribution is 6.33. The topological polar surface area (TPSA) is 63.5 Å². The van der Waals surface area contributed by atoms with E-state index in [1.165, 1.54) is 12.1 Å². The maximum absolute atomic E-state index is 11.9. The maximum Gasteiger partial charge on any atom is 0.288 e. The highest BCUT2D eigenvalue weighted by Gasteiger charge is 2.31. The van der Waals surface area contributed by atoms with E-state index >= 15 is 0 Å². The van der Waals surface area contributed by atoms with Crippen LogP contribution in [0.3, 0.4) is 0 Å². The van der Waals surface area contributed by atoms with Crippen LogP contribution in [0.25, 0.3) is 0 Å². The molecule has 1 heterocycles. The van der Waals surface area contributed by atoms with Gasteiger partial charge in [-0.1, -0.05) is 11.6 Å². The minimum atomic E-state index is -0.535. The summed E-state index contributed by atoms with van der Waals surface area (Å²) >= 11 is 11.7. The number of benzene rings is 1. The molecule has 0 N–H and O–H groups in total. The number of nitro benzene ring substituents is 1. The summed E-state index contributed by atoms with van der Waals surface area (Å²) < 4.78 is 0. The predicted octanol–water partition coefficient (Wildman–Crippen LogP) is 3.15. The van der Waals surface area contributed by atoms with Crippen LogP contribution in [-0.4, -0.2) is 23.3 Å². The van der Waals surface area contributed by atoms with Gasteiger partial charge in [0.1, 0.15) is 5.02 Å². The van der Waals surface area contributed by atoms with Crippen molar-refractivity contribution < 1.29 is 9.72 Å². The van der Waals surface area contributed by atoms with Crippen LogP contribution in [0.1, 0.15) is 12.0 Å². The third-order valence-corrected chi connectivity index (χ3v) is 3.92. The van der Waals surface area contributed by atoms with Gasteiger partial charge in [0, 0.05) is 30.6 Å². The Morgan fingerprint density at radius 1 is 1.53 bits per heavy atom. The van der Waals surface area contributed by atoms with Gasteiger partial charge in [-0.2, -0.15) is 0 Å². The van der Waals surface area contributed by atoms with Gasteiger partial charge in [-0.05, 0) is 24.5 Å². The Kier molecular flexibility index (Phi) is 3.96. The molecule has 1 aliphatic heterocycles. The van der Waals surface area contributed by atoms with Crippen molar-refractivity contribution >= 4 is 40.5 Å². The van der Waals surface area contributed by atoms with Gasteiger partial charge in [0.2, 0.25) is 5.91 Å². The maximum atomic E-state index is 11.9.